The van der Waals surface area contributed by atoms with E-state index in [1.54, 1.807) is 30.1 Å². The van der Waals surface area contributed by atoms with Crippen LogP contribution in [-0.4, -0.2) is 30.3 Å². The lowest BCUT2D eigenvalue weighted by Crippen LogP contribution is -2.37. The number of nitrogens with zero attached hydrogens (tertiary/aromatic N) is 1. The zero-order valence-corrected chi connectivity index (χ0v) is 16.4. The Morgan fingerprint density at radius 2 is 1.65 bits per heavy atom. The van der Waals surface area contributed by atoms with Crippen molar-refractivity contribution < 1.29 is 9.59 Å². The minimum Gasteiger partial charge on any atom is -0.343 e. The highest BCUT2D eigenvalue weighted by atomic mass is 35.5. The van der Waals surface area contributed by atoms with Gasteiger partial charge in [0.1, 0.15) is 0 Å². The fraction of sp³-hybridized carbons (Fsp3) is 0.333. The molecule has 0 saturated heterocycles. The minimum absolute atomic E-state index is 0.0341. The van der Waals surface area contributed by atoms with Gasteiger partial charge in [0.05, 0.1) is 6.54 Å². The van der Waals surface area contributed by atoms with Crippen LogP contribution in [0.15, 0.2) is 48.5 Å². The van der Waals surface area contributed by atoms with Gasteiger partial charge < -0.3 is 10.2 Å². The van der Waals surface area contributed by atoms with Crippen LogP contribution < -0.4 is 5.32 Å². The lowest BCUT2D eigenvalue weighted by atomic mass is 9.87. The predicted molar refractivity (Wildman–Crippen MR) is 105 cm³/mol. The molecule has 2 aromatic carbocycles. The molecular weight excluding hydrogens is 348 g/mol. The summed E-state index contributed by atoms with van der Waals surface area (Å²) in [6, 6.07) is 14.9. The first-order valence-corrected chi connectivity index (χ1v) is 8.92. The molecule has 0 aliphatic carbocycles. The monoisotopic (exact) mass is 372 g/mol. The van der Waals surface area contributed by atoms with Gasteiger partial charge in [-0.1, -0.05) is 62.7 Å². The molecule has 0 unspecified atom stereocenters. The van der Waals surface area contributed by atoms with Crippen LogP contribution in [0.2, 0.25) is 5.02 Å². The van der Waals surface area contributed by atoms with E-state index >= 15 is 0 Å². The van der Waals surface area contributed by atoms with Crippen LogP contribution in [0.1, 0.15) is 42.3 Å². The lowest BCUT2D eigenvalue weighted by molar-refractivity contribution is -0.129. The third-order valence-electron chi connectivity index (χ3n) is 4.20. The van der Waals surface area contributed by atoms with Crippen molar-refractivity contribution in [2.45, 2.75) is 32.7 Å². The maximum absolute atomic E-state index is 12.2. The molecule has 4 nitrogen and oxygen atoms in total. The Morgan fingerprint density at radius 3 is 2.23 bits per heavy atom. The number of nitrogens with one attached hydrogen (secondary N) is 1. The normalized spacial score (nSPS) is 11.1. The topological polar surface area (TPSA) is 49.4 Å². The third kappa shape index (κ3) is 5.33. The third-order valence-corrected chi connectivity index (χ3v) is 4.57. The summed E-state index contributed by atoms with van der Waals surface area (Å²) in [4.78, 5) is 26.0. The number of hydrogen-bond acceptors (Lipinski definition) is 2. The fourth-order valence-corrected chi connectivity index (χ4v) is 2.68. The van der Waals surface area contributed by atoms with Crippen molar-refractivity contribution in [1.82, 2.24) is 10.2 Å². The summed E-state index contributed by atoms with van der Waals surface area (Å²) in [6.45, 7) is 6.70. The second-order valence-electron chi connectivity index (χ2n) is 7.35. The summed E-state index contributed by atoms with van der Waals surface area (Å²) in [5, 5.41) is 3.30. The zero-order chi connectivity index (χ0) is 19.3. The number of halogens is 1. The predicted octanol–water partition coefficient (Wildman–Crippen LogP) is 4.03. The van der Waals surface area contributed by atoms with E-state index in [9.17, 15) is 9.59 Å². The molecule has 0 saturated carbocycles. The van der Waals surface area contributed by atoms with Gasteiger partial charge >= 0.3 is 0 Å². The van der Waals surface area contributed by atoms with E-state index in [0.717, 1.165) is 11.1 Å². The van der Waals surface area contributed by atoms with Crippen molar-refractivity contribution >= 4 is 23.4 Å². The highest BCUT2D eigenvalue weighted by Gasteiger charge is 2.16. The average Bonchev–Trinajstić information content (AvgIpc) is 2.60. The number of carbonyl (C=O) groups is 2. The first kappa shape index (κ1) is 20.0. The van der Waals surface area contributed by atoms with E-state index < -0.39 is 0 Å². The van der Waals surface area contributed by atoms with Crippen LogP contribution in [0.3, 0.4) is 0 Å². The summed E-state index contributed by atoms with van der Waals surface area (Å²) in [6.07, 6.45) is 0. The minimum atomic E-state index is -0.259. The number of carbonyl (C=O) groups excluding carboxylic acids is 2. The molecule has 2 rings (SSSR count). The Labute approximate surface area is 160 Å². The van der Waals surface area contributed by atoms with E-state index in [2.05, 4.69) is 26.1 Å². The summed E-state index contributed by atoms with van der Waals surface area (Å²) in [7, 11) is 1.69. The largest absolute Gasteiger partial charge is 0.343 e. The van der Waals surface area contributed by atoms with Crippen molar-refractivity contribution in [3.63, 3.8) is 0 Å². The Morgan fingerprint density at radius 1 is 1.04 bits per heavy atom. The second-order valence-corrected chi connectivity index (χ2v) is 7.76. The number of hydrogen-bond donors (Lipinski definition) is 1. The van der Waals surface area contributed by atoms with E-state index in [4.69, 9.17) is 11.6 Å². The van der Waals surface area contributed by atoms with Crippen molar-refractivity contribution in [2.75, 3.05) is 13.6 Å². The number of likely N-dealkylation sites (N-methyl/N-ethyl adjacent to an activating group) is 1. The maximum Gasteiger partial charge on any atom is 0.251 e. The zero-order valence-electron chi connectivity index (χ0n) is 15.7. The Hall–Kier alpha value is -2.33. The summed E-state index contributed by atoms with van der Waals surface area (Å²) in [5.41, 5.74) is 2.60. The molecule has 1 N–H and O–H groups in total. The van der Waals surface area contributed by atoms with Gasteiger partial charge in [-0.05, 0) is 34.7 Å². The molecule has 0 bridgehead atoms. The molecule has 0 aliphatic rings. The number of benzene rings is 2. The molecular formula is C21H25ClN2O2. The summed E-state index contributed by atoms with van der Waals surface area (Å²) < 4.78 is 0. The average molecular weight is 373 g/mol. The molecule has 0 atom stereocenters. The highest BCUT2D eigenvalue weighted by Crippen LogP contribution is 2.22. The van der Waals surface area contributed by atoms with Gasteiger partial charge in [0, 0.05) is 24.2 Å². The van der Waals surface area contributed by atoms with E-state index in [1.807, 2.05) is 30.3 Å². The second kappa shape index (κ2) is 8.37. The van der Waals surface area contributed by atoms with Crippen LogP contribution in [-0.2, 0) is 16.8 Å². The van der Waals surface area contributed by atoms with Gasteiger partial charge in [-0.15, -0.1) is 0 Å². The van der Waals surface area contributed by atoms with Crippen LogP contribution in [0.5, 0.6) is 0 Å². The molecule has 0 fully saturated rings. The SMILES string of the molecule is CN(Cc1ccccc1Cl)C(=O)CNC(=O)c1ccc(C(C)(C)C)cc1. The first-order valence-electron chi connectivity index (χ1n) is 8.54. The molecule has 0 aliphatic heterocycles. The number of rotatable bonds is 5. The Kier molecular flexibility index (Phi) is 6.43. The molecule has 2 amide bonds. The van der Waals surface area contributed by atoms with Crippen LogP contribution in [0, 0.1) is 0 Å². The first-order chi connectivity index (χ1) is 12.2. The molecule has 0 radical (unpaired) electrons. The van der Waals surface area contributed by atoms with E-state index in [1.165, 1.54) is 0 Å². The molecule has 0 spiro atoms. The van der Waals surface area contributed by atoms with Gasteiger partial charge in [-0.2, -0.15) is 0 Å². The maximum atomic E-state index is 12.2. The van der Waals surface area contributed by atoms with Crippen molar-refractivity contribution in [3.8, 4) is 0 Å². The Bertz CT molecular complexity index is 779. The molecule has 2 aromatic rings. The highest BCUT2D eigenvalue weighted by molar-refractivity contribution is 6.31. The summed E-state index contributed by atoms with van der Waals surface area (Å²) in [5.74, 6) is -0.436. The molecule has 0 aromatic heterocycles. The Balaban J connectivity index is 1.90. The smallest absolute Gasteiger partial charge is 0.251 e. The standard InChI is InChI=1S/C21H25ClN2O2/c1-21(2,3)17-11-9-15(10-12-17)20(26)23-13-19(25)24(4)14-16-7-5-6-8-18(16)22/h5-12H,13-14H2,1-4H3,(H,23,26). The lowest BCUT2D eigenvalue weighted by Gasteiger charge is -2.19. The quantitative estimate of drug-likeness (QED) is 0.861. The number of amides is 2. The van der Waals surface area contributed by atoms with Crippen molar-refractivity contribution in [2.24, 2.45) is 0 Å². The van der Waals surface area contributed by atoms with Gasteiger partial charge in [-0.3, -0.25) is 9.59 Å². The van der Waals surface area contributed by atoms with Crippen LogP contribution in [0.4, 0.5) is 0 Å². The van der Waals surface area contributed by atoms with Gasteiger partial charge in [0.25, 0.3) is 5.91 Å². The van der Waals surface area contributed by atoms with Crippen LogP contribution >= 0.6 is 11.6 Å². The fourth-order valence-electron chi connectivity index (χ4n) is 2.48. The van der Waals surface area contributed by atoms with Gasteiger partial charge in [0.2, 0.25) is 5.91 Å². The molecule has 138 valence electrons. The molecule has 0 heterocycles. The van der Waals surface area contributed by atoms with Crippen molar-refractivity contribution in [1.29, 1.82) is 0 Å². The molecule has 26 heavy (non-hydrogen) atoms. The van der Waals surface area contributed by atoms with Gasteiger partial charge in [-0.25, -0.2) is 0 Å². The van der Waals surface area contributed by atoms with Crippen LogP contribution in [0.25, 0.3) is 0 Å². The van der Waals surface area contributed by atoms with E-state index in [-0.39, 0.29) is 23.8 Å². The molecule has 5 heteroatoms. The van der Waals surface area contributed by atoms with Gasteiger partial charge in [0.15, 0.2) is 0 Å². The summed E-state index contributed by atoms with van der Waals surface area (Å²) >= 11 is 6.12. The van der Waals surface area contributed by atoms with Crippen molar-refractivity contribution in [3.05, 3.63) is 70.2 Å². The van der Waals surface area contributed by atoms with E-state index in [0.29, 0.717) is 17.1 Å².